The van der Waals surface area contributed by atoms with Gasteiger partial charge in [0.05, 0.1) is 14.2 Å². The Morgan fingerprint density at radius 2 is 2.00 bits per heavy atom. The summed E-state index contributed by atoms with van der Waals surface area (Å²) >= 11 is 3.73. The molecule has 1 atom stereocenters. The largest absolute Gasteiger partial charge is 0.493 e. The fraction of sp³-hybridized carbons (Fsp3) is 0.438. The van der Waals surface area contributed by atoms with Crippen LogP contribution in [0.5, 0.6) is 11.5 Å². The number of pyridine rings is 1. The van der Waals surface area contributed by atoms with Gasteiger partial charge in [0.25, 0.3) is 0 Å². The molecule has 0 saturated carbocycles. The zero-order valence-electron chi connectivity index (χ0n) is 12.3. The standard InChI is InChI=1S/C16H19BrN2O2/c1-20-14-8-11-5-6-18-16(13(11)9-15(14)21-2)19-7-3-4-12(17)10-19/h5-6,8-9,12H,3-4,7,10H2,1-2H3. The monoisotopic (exact) mass is 350 g/mol. The topological polar surface area (TPSA) is 34.6 Å². The number of benzene rings is 1. The Morgan fingerprint density at radius 3 is 2.71 bits per heavy atom. The maximum atomic E-state index is 5.43. The molecule has 1 saturated heterocycles. The fourth-order valence-electron chi connectivity index (χ4n) is 2.85. The van der Waals surface area contributed by atoms with Crippen LogP contribution < -0.4 is 14.4 Å². The van der Waals surface area contributed by atoms with Gasteiger partial charge in [0.2, 0.25) is 0 Å². The van der Waals surface area contributed by atoms with E-state index in [9.17, 15) is 0 Å². The summed E-state index contributed by atoms with van der Waals surface area (Å²) in [5, 5.41) is 2.23. The molecule has 1 aromatic carbocycles. The van der Waals surface area contributed by atoms with Gasteiger partial charge >= 0.3 is 0 Å². The Balaban J connectivity index is 2.10. The zero-order valence-corrected chi connectivity index (χ0v) is 13.9. The van der Waals surface area contributed by atoms with Gasteiger partial charge in [0.15, 0.2) is 11.5 Å². The number of hydrogen-bond donors (Lipinski definition) is 0. The van der Waals surface area contributed by atoms with Crippen LogP contribution in [-0.2, 0) is 0 Å². The first-order valence-corrected chi connectivity index (χ1v) is 8.04. The molecule has 0 N–H and O–H groups in total. The van der Waals surface area contributed by atoms with Gasteiger partial charge in [-0.2, -0.15) is 0 Å². The number of piperidine rings is 1. The van der Waals surface area contributed by atoms with Crippen molar-refractivity contribution >= 4 is 32.5 Å². The SMILES string of the molecule is COc1cc2ccnc(N3CCCC(Br)C3)c2cc1OC. The summed E-state index contributed by atoms with van der Waals surface area (Å²) in [7, 11) is 3.32. The van der Waals surface area contributed by atoms with Crippen molar-refractivity contribution in [3.05, 3.63) is 24.4 Å². The zero-order chi connectivity index (χ0) is 14.8. The van der Waals surface area contributed by atoms with Crippen LogP contribution in [0.15, 0.2) is 24.4 Å². The second kappa shape index (κ2) is 6.10. The number of rotatable bonds is 3. The highest BCUT2D eigenvalue weighted by Crippen LogP contribution is 2.36. The van der Waals surface area contributed by atoms with Crippen LogP contribution in [0.25, 0.3) is 10.8 Å². The maximum absolute atomic E-state index is 5.43. The molecule has 2 aromatic rings. The van der Waals surface area contributed by atoms with Gasteiger partial charge in [0.1, 0.15) is 5.82 Å². The molecule has 2 heterocycles. The number of alkyl halides is 1. The van der Waals surface area contributed by atoms with E-state index < -0.39 is 0 Å². The highest BCUT2D eigenvalue weighted by atomic mass is 79.9. The van der Waals surface area contributed by atoms with E-state index in [2.05, 4.69) is 25.8 Å². The van der Waals surface area contributed by atoms with E-state index in [-0.39, 0.29) is 0 Å². The normalized spacial score (nSPS) is 18.8. The van der Waals surface area contributed by atoms with Crippen LogP contribution in [0.1, 0.15) is 12.8 Å². The summed E-state index contributed by atoms with van der Waals surface area (Å²) in [6.07, 6.45) is 4.26. The highest BCUT2D eigenvalue weighted by Gasteiger charge is 2.21. The molecule has 1 aromatic heterocycles. The van der Waals surface area contributed by atoms with Crippen LogP contribution in [0.4, 0.5) is 5.82 Å². The minimum Gasteiger partial charge on any atom is -0.493 e. The van der Waals surface area contributed by atoms with Gasteiger partial charge in [-0.1, -0.05) is 15.9 Å². The number of halogens is 1. The number of aromatic nitrogens is 1. The molecular formula is C16H19BrN2O2. The van der Waals surface area contributed by atoms with Crippen molar-refractivity contribution in [2.24, 2.45) is 0 Å². The van der Waals surface area contributed by atoms with E-state index in [1.165, 1.54) is 12.8 Å². The summed E-state index contributed by atoms with van der Waals surface area (Å²) < 4.78 is 10.8. The molecule has 5 heteroatoms. The molecule has 0 radical (unpaired) electrons. The van der Waals surface area contributed by atoms with Crippen molar-refractivity contribution in [3.63, 3.8) is 0 Å². The molecule has 0 spiro atoms. The van der Waals surface area contributed by atoms with Crippen molar-refractivity contribution < 1.29 is 9.47 Å². The summed E-state index contributed by atoms with van der Waals surface area (Å²) in [5.74, 6) is 2.52. The molecule has 112 valence electrons. The quantitative estimate of drug-likeness (QED) is 0.792. The molecule has 1 aliphatic rings. The van der Waals surface area contributed by atoms with E-state index in [1.807, 2.05) is 24.4 Å². The van der Waals surface area contributed by atoms with E-state index in [4.69, 9.17) is 9.47 Å². The summed E-state index contributed by atoms with van der Waals surface area (Å²) in [5.41, 5.74) is 0. The third-order valence-electron chi connectivity index (χ3n) is 3.91. The third-order valence-corrected chi connectivity index (χ3v) is 4.66. The van der Waals surface area contributed by atoms with E-state index in [1.54, 1.807) is 14.2 Å². The first-order valence-electron chi connectivity index (χ1n) is 7.12. The van der Waals surface area contributed by atoms with Crippen LogP contribution in [0.3, 0.4) is 0 Å². The molecule has 4 nitrogen and oxygen atoms in total. The van der Waals surface area contributed by atoms with Crippen molar-refractivity contribution in [1.29, 1.82) is 0 Å². The summed E-state index contributed by atoms with van der Waals surface area (Å²) in [6, 6.07) is 6.04. The summed E-state index contributed by atoms with van der Waals surface area (Å²) in [4.78, 5) is 7.48. The van der Waals surface area contributed by atoms with Gasteiger partial charge < -0.3 is 14.4 Å². The van der Waals surface area contributed by atoms with Gasteiger partial charge in [0, 0.05) is 29.5 Å². The molecule has 3 rings (SSSR count). The minimum absolute atomic E-state index is 0.531. The molecule has 1 aliphatic heterocycles. The lowest BCUT2D eigenvalue weighted by molar-refractivity contribution is 0.356. The minimum atomic E-state index is 0.531. The average Bonchev–Trinajstić information content (AvgIpc) is 2.52. The second-order valence-corrected chi connectivity index (χ2v) is 6.54. The molecule has 0 amide bonds. The lowest BCUT2D eigenvalue weighted by Gasteiger charge is -2.31. The predicted octanol–water partition coefficient (Wildman–Crippen LogP) is 3.62. The Morgan fingerprint density at radius 1 is 1.24 bits per heavy atom. The Kier molecular flexibility index (Phi) is 4.19. The van der Waals surface area contributed by atoms with E-state index in [0.717, 1.165) is 41.2 Å². The Hall–Kier alpha value is -1.49. The van der Waals surface area contributed by atoms with Crippen LogP contribution in [0.2, 0.25) is 0 Å². The molecule has 0 aliphatic carbocycles. The molecular weight excluding hydrogens is 332 g/mol. The van der Waals surface area contributed by atoms with Crippen molar-refractivity contribution in [2.75, 3.05) is 32.2 Å². The smallest absolute Gasteiger partial charge is 0.161 e. The van der Waals surface area contributed by atoms with Crippen molar-refractivity contribution in [3.8, 4) is 11.5 Å². The summed E-state index contributed by atoms with van der Waals surface area (Å²) in [6.45, 7) is 2.03. The molecule has 1 fully saturated rings. The van der Waals surface area contributed by atoms with Gasteiger partial charge in [-0.25, -0.2) is 4.98 Å². The van der Waals surface area contributed by atoms with Crippen molar-refractivity contribution in [1.82, 2.24) is 4.98 Å². The molecule has 21 heavy (non-hydrogen) atoms. The van der Waals surface area contributed by atoms with Crippen LogP contribution >= 0.6 is 15.9 Å². The first kappa shape index (κ1) is 14.4. The first-order chi connectivity index (χ1) is 10.2. The average molecular weight is 351 g/mol. The highest BCUT2D eigenvalue weighted by molar-refractivity contribution is 9.09. The number of hydrogen-bond acceptors (Lipinski definition) is 4. The van der Waals surface area contributed by atoms with Crippen LogP contribution in [0, 0.1) is 0 Å². The van der Waals surface area contributed by atoms with Gasteiger partial charge in [-0.15, -0.1) is 0 Å². The lowest BCUT2D eigenvalue weighted by atomic mass is 10.1. The van der Waals surface area contributed by atoms with Gasteiger partial charge in [-0.05, 0) is 36.4 Å². The lowest BCUT2D eigenvalue weighted by Crippen LogP contribution is -2.36. The van der Waals surface area contributed by atoms with E-state index >= 15 is 0 Å². The number of anilines is 1. The maximum Gasteiger partial charge on any atom is 0.161 e. The Bertz CT molecular complexity index is 647. The molecule has 0 bridgehead atoms. The number of ether oxygens (including phenoxy) is 2. The second-order valence-electron chi connectivity index (χ2n) is 5.25. The van der Waals surface area contributed by atoms with E-state index in [0.29, 0.717) is 4.83 Å². The number of nitrogens with zero attached hydrogens (tertiary/aromatic N) is 2. The Labute approximate surface area is 133 Å². The van der Waals surface area contributed by atoms with Crippen LogP contribution in [-0.4, -0.2) is 37.1 Å². The number of methoxy groups -OCH3 is 2. The fourth-order valence-corrected chi connectivity index (χ4v) is 3.53. The predicted molar refractivity (Wildman–Crippen MR) is 89.0 cm³/mol. The molecule has 1 unspecified atom stereocenters. The number of fused-ring (bicyclic) bond motifs is 1. The third kappa shape index (κ3) is 2.79. The van der Waals surface area contributed by atoms with Crippen molar-refractivity contribution in [2.45, 2.75) is 17.7 Å². The van der Waals surface area contributed by atoms with Gasteiger partial charge in [-0.3, -0.25) is 0 Å².